The van der Waals surface area contributed by atoms with Gasteiger partial charge in [-0.15, -0.1) is 0 Å². The lowest BCUT2D eigenvalue weighted by Crippen LogP contribution is -2.41. The number of hydrogen-bond acceptors (Lipinski definition) is 3. The summed E-state index contributed by atoms with van der Waals surface area (Å²) in [6, 6.07) is -0.716. The van der Waals surface area contributed by atoms with Crippen LogP contribution in [0, 0.1) is 0 Å². The molecule has 1 amide bonds. The Kier molecular flexibility index (Phi) is 5.87. The third-order valence-electron chi connectivity index (χ3n) is 4.99. The average Bonchev–Trinajstić information content (AvgIpc) is 3.30. The quantitative estimate of drug-likeness (QED) is 0.700. The molecule has 12 heteroatoms. The number of alkyl halides is 6. The molecule has 6 nitrogen and oxygen atoms in total. The number of amides is 1. The highest BCUT2D eigenvalue weighted by atomic mass is 19.4. The molecule has 1 aliphatic rings. The molecule has 2 heterocycles. The van der Waals surface area contributed by atoms with Gasteiger partial charge in [0.1, 0.15) is 6.04 Å². The van der Waals surface area contributed by atoms with Crippen molar-refractivity contribution in [2.75, 3.05) is 0 Å². The number of nitrogens with zero attached hydrogens (tertiary/aromatic N) is 4. The average molecular weight is 437 g/mol. The lowest BCUT2D eigenvalue weighted by atomic mass is 10.1. The Balaban J connectivity index is 1.73. The third-order valence-corrected chi connectivity index (χ3v) is 4.99. The van der Waals surface area contributed by atoms with E-state index in [1.807, 2.05) is 0 Å². The van der Waals surface area contributed by atoms with E-state index < -0.39 is 41.7 Å². The van der Waals surface area contributed by atoms with E-state index in [1.54, 1.807) is 13.8 Å². The van der Waals surface area contributed by atoms with Crippen LogP contribution < -0.4 is 5.32 Å². The van der Waals surface area contributed by atoms with Crippen LogP contribution in [-0.2, 0) is 36.5 Å². The van der Waals surface area contributed by atoms with E-state index in [1.165, 1.54) is 0 Å². The standard InChI is InChI=1S/C18H21F6N5O/c1-3-12(29-13-6-4-5-11(13)15(27-29)18(22,23)24)16(30)25-10(2)9-28-8-7-14(26-28)17(19,20)21/h7-8,10,12H,3-6,9H2,1-2H3,(H,25,30). The maximum atomic E-state index is 13.3. The number of halogens is 6. The molecule has 0 fully saturated rings. The zero-order valence-corrected chi connectivity index (χ0v) is 16.3. The van der Waals surface area contributed by atoms with E-state index >= 15 is 0 Å². The first-order valence-electron chi connectivity index (χ1n) is 9.50. The molecular weight excluding hydrogens is 416 g/mol. The first-order chi connectivity index (χ1) is 13.9. The van der Waals surface area contributed by atoms with Gasteiger partial charge >= 0.3 is 12.4 Å². The molecule has 1 aliphatic carbocycles. The van der Waals surface area contributed by atoms with E-state index in [0.717, 1.165) is 21.6 Å². The van der Waals surface area contributed by atoms with Crippen molar-refractivity contribution in [2.45, 2.75) is 70.5 Å². The number of nitrogens with one attached hydrogen (secondary N) is 1. The van der Waals surface area contributed by atoms with Crippen molar-refractivity contribution in [3.63, 3.8) is 0 Å². The predicted molar refractivity (Wildman–Crippen MR) is 93.4 cm³/mol. The number of fused-ring (bicyclic) bond motifs is 1. The lowest BCUT2D eigenvalue weighted by Gasteiger charge is -2.21. The smallest absolute Gasteiger partial charge is 0.350 e. The Bertz CT molecular complexity index is 913. The van der Waals surface area contributed by atoms with Gasteiger partial charge in [0.15, 0.2) is 11.4 Å². The molecule has 0 saturated carbocycles. The molecule has 2 atom stereocenters. The molecule has 30 heavy (non-hydrogen) atoms. The summed E-state index contributed by atoms with van der Waals surface area (Å²) in [5.74, 6) is -0.542. The summed E-state index contributed by atoms with van der Waals surface area (Å²) < 4.78 is 80.0. The van der Waals surface area contributed by atoms with Crippen LogP contribution in [0.1, 0.15) is 55.4 Å². The van der Waals surface area contributed by atoms with Crippen LogP contribution in [-0.4, -0.2) is 31.5 Å². The Hall–Kier alpha value is -2.53. The van der Waals surface area contributed by atoms with E-state index in [4.69, 9.17) is 0 Å². The summed E-state index contributed by atoms with van der Waals surface area (Å²) in [5.41, 5.74) is -1.44. The molecule has 0 bridgehead atoms. The van der Waals surface area contributed by atoms with Gasteiger partial charge in [0.25, 0.3) is 0 Å². The number of hydrogen-bond donors (Lipinski definition) is 1. The van der Waals surface area contributed by atoms with Crippen molar-refractivity contribution in [3.8, 4) is 0 Å². The largest absolute Gasteiger partial charge is 0.435 e. The highest BCUT2D eigenvalue weighted by molar-refractivity contribution is 5.80. The first-order valence-corrected chi connectivity index (χ1v) is 9.50. The highest BCUT2D eigenvalue weighted by Crippen LogP contribution is 2.37. The van der Waals surface area contributed by atoms with Crippen molar-refractivity contribution in [3.05, 3.63) is 34.9 Å². The molecule has 2 unspecified atom stereocenters. The van der Waals surface area contributed by atoms with Crippen molar-refractivity contribution in [1.82, 2.24) is 24.9 Å². The first kappa shape index (κ1) is 22.2. The summed E-state index contributed by atoms with van der Waals surface area (Å²) >= 11 is 0. The Morgan fingerprint density at radius 2 is 1.87 bits per heavy atom. The Morgan fingerprint density at radius 1 is 1.17 bits per heavy atom. The normalized spacial score (nSPS) is 16.4. The van der Waals surface area contributed by atoms with E-state index in [9.17, 15) is 31.1 Å². The van der Waals surface area contributed by atoms with E-state index in [-0.39, 0.29) is 24.9 Å². The summed E-state index contributed by atoms with van der Waals surface area (Å²) in [5, 5.41) is 9.77. The topological polar surface area (TPSA) is 64.7 Å². The van der Waals surface area contributed by atoms with Crippen LogP contribution in [0.3, 0.4) is 0 Å². The molecule has 1 N–H and O–H groups in total. The van der Waals surface area contributed by atoms with Crippen LogP contribution in [0.5, 0.6) is 0 Å². The van der Waals surface area contributed by atoms with Gasteiger partial charge in [-0.1, -0.05) is 6.92 Å². The van der Waals surface area contributed by atoms with Crippen LogP contribution in [0.2, 0.25) is 0 Å². The van der Waals surface area contributed by atoms with Crippen LogP contribution in [0.25, 0.3) is 0 Å². The Morgan fingerprint density at radius 3 is 2.43 bits per heavy atom. The minimum absolute atomic E-state index is 0.0245. The fourth-order valence-electron chi connectivity index (χ4n) is 3.70. The number of carbonyl (C=O) groups is 1. The van der Waals surface area contributed by atoms with Crippen molar-refractivity contribution in [2.24, 2.45) is 0 Å². The summed E-state index contributed by atoms with van der Waals surface area (Å²) in [6.45, 7) is 3.21. The monoisotopic (exact) mass is 437 g/mol. The van der Waals surface area contributed by atoms with Crippen LogP contribution >= 0.6 is 0 Å². The summed E-state index contributed by atoms with van der Waals surface area (Å²) in [6.07, 6.45) is -6.57. The molecular formula is C18H21F6N5O. The van der Waals surface area contributed by atoms with Gasteiger partial charge in [0, 0.05) is 23.5 Å². The highest BCUT2D eigenvalue weighted by Gasteiger charge is 2.41. The third kappa shape index (κ3) is 4.46. The molecule has 0 aliphatic heterocycles. The van der Waals surface area contributed by atoms with Crippen molar-refractivity contribution >= 4 is 5.91 Å². The van der Waals surface area contributed by atoms with Gasteiger partial charge in [-0.25, -0.2) is 0 Å². The van der Waals surface area contributed by atoms with Crippen molar-refractivity contribution < 1.29 is 31.1 Å². The zero-order valence-electron chi connectivity index (χ0n) is 16.3. The van der Waals surface area contributed by atoms with Gasteiger partial charge in [-0.2, -0.15) is 36.5 Å². The molecule has 0 aromatic carbocycles. The maximum absolute atomic E-state index is 13.3. The lowest BCUT2D eigenvalue weighted by molar-refractivity contribution is -0.142. The molecule has 0 saturated heterocycles. The van der Waals surface area contributed by atoms with Crippen LogP contribution in [0.15, 0.2) is 12.3 Å². The van der Waals surface area contributed by atoms with E-state index in [0.29, 0.717) is 18.5 Å². The molecule has 2 aromatic rings. The van der Waals surface area contributed by atoms with Gasteiger partial charge < -0.3 is 5.32 Å². The minimum Gasteiger partial charge on any atom is -0.350 e. The summed E-state index contributed by atoms with van der Waals surface area (Å²) in [7, 11) is 0. The van der Waals surface area contributed by atoms with Gasteiger partial charge in [0.05, 0.1) is 6.54 Å². The summed E-state index contributed by atoms with van der Waals surface area (Å²) in [4.78, 5) is 12.7. The van der Waals surface area contributed by atoms with Crippen molar-refractivity contribution in [1.29, 1.82) is 0 Å². The number of carbonyl (C=O) groups excluding carboxylic acids is 1. The Labute approximate surface area is 168 Å². The molecule has 2 aromatic heterocycles. The van der Waals surface area contributed by atoms with Gasteiger partial charge in [-0.05, 0) is 38.7 Å². The van der Waals surface area contributed by atoms with Crippen LogP contribution in [0.4, 0.5) is 26.3 Å². The van der Waals surface area contributed by atoms with E-state index in [2.05, 4.69) is 15.5 Å². The van der Waals surface area contributed by atoms with Gasteiger partial charge in [0.2, 0.25) is 5.91 Å². The molecule has 0 radical (unpaired) electrons. The fourth-order valence-corrected chi connectivity index (χ4v) is 3.70. The zero-order chi connectivity index (χ0) is 22.3. The number of aromatic nitrogens is 4. The predicted octanol–water partition coefficient (Wildman–Crippen LogP) is 3.76. The SMILES string of the molecule is CCC(C(=O)NC(C)Cn1ccc(C(F)(F)F)n1)n1nc(C(F)(F)F)c2c1CCC2. The molecule has 166 valence electrons. The molecule has 0 spiro atoms. The second-order valence-corrected chi connectivity index (χ2v) is 7.32. The second kappa shape index (κ2) is 7.95. The van der Waals surface area contributed by atoms with Gasteiger partial charge in [-0.3, -0.25) is 14.2 Å². The minimum atomic E-state index is -4.60. The molecule has 3 rings (SSSR count). The maximum Gasteiger partial charge on any atom is 0.435 e. The second-order valence-electron chi connectivity index (χ2n) is 7.32. The fraction of sp³-hybridized carbons (Fsp3) is 0.611. The number of rotatable bonds is 6.